The molecule has 2 atom stereocenters. The van der Waals surface area contributed by atoms with Gasteiger partial charge in [-0.25, -0.2) is 4.98 Å². The van der Waals surface area contributed by atoms with Crippen molar-refractivity contribution in [1.29, 1.82) is 0 Å². The fraction of sp³-hybridized carbons (Fsp3) is 0.800. The Kier molecular flexibility index (Phi) is 3.39. The Morgan fingerprint density at radius 1 is 1.32 bits per heavy atom. The summed E-state index contributed by atoms with van der Waals surface area (Å²) in [7, 11) is 0. The van der Waals surface area contributed by atoms with Gasteiger partial charge in [-0.15, -0.1) is 0 Å². The average Bonchev–Trinajstić information content (AvgIpc) is 2.76. The van der Waals surface area contributed by atoms with E-state index in [1.807, 2.05) is 6.20 Å². The Bertz CT molecular complexity index is 423. The van der Waals surface area contributed by atoms with Gasteiger partial charge in [0, 0.05) is 18.5 Å². The van der Waals surface area contributed by atoms with E-state index in [0.29, 0.717) is 0 Å². The average molecular weight is 263 g/mol. The molecule has 0 radical (unpaired) electrons. The van der Waals surface area contributed by atoms with Crippen LogP contribution in [0.15, 0.2) is 10.6 Å². The Labute approximate surface area is 115 Å². The molecular formula is C15H25N3O. The lowest BCUT2D eigenvalue weighted by atomic mass is 9.86. The first-order valence-corrected chi connectivity index (χ1v) is 7.39. The van der Waals surface area contributed by atoms with Crippen LogP contribution in [0.2, 0.25) is 0 Å². The topological polar surface area (TPSA) is 41.3 Å². The zero-order valence-electron chi connectivity index (χ0n) is 12.3. The van der Waals surface area contributed by atoms with Crippen LogP contribution in [0.4, 0.5) is 0 Å². The van der Waals surface area contributed by atoms with E-state index in [9.17, 15) is 0 Å². The maximum atomic E-state index is 5.90. The van der Waals surface area contributed by atoms with Crippen molar-refractivity contribution in [3.05, 3.63) is 17.8 Å². The minimum absolute atomic E-state index is 0.0492. The summed E-state index contributed by atoms with van der Waals surface area (Å²) in [5.74, 6) is 3.48. The molecule has 2 unspecified atom stereocenters. The van der Waals surface area contributed by atoms with Gasteiger partial charge in [0.25, 0.3) is 0 Å². The molecule has 2 fully saturated rings. The largest absolute Gasteiger partial charge is 0.444 e. The van der Waals surface area contributed by atoms with E-state index >= 15 is 0 Å². The van der Waals surface area contributed by atoms with Crippen LogP contribution in [-0.2, 0) is 12.0 Å². The summed E-state index contributed by atoms with van der Waals surface area (Å²) in [5, 5.41) is 3.53. The minimum atomic E-state index is 0.0492. The van der Waals surface area contributed by atoms with E-state index in [-0.39, 0.29) is 5.41 Å². The Morgan fingerprint density at radius 2 is 2.00 bits per heavy atom. The fourth-order valence-electron chi connectivity index (χ4n) is 3.26. The number of nitrogens with one attached hydrogen (secondary N) is 1. The number of aromatic nitrogens is 1. The van der Waals surface area contributed by atoms with Gasteiger partial charge >= 0.3 is 0 Å². The van der Waals surface area contributed by atoms with Crippen LogP contribution in [0.1, 0.15) is 38.8 Å². The number of nitrogens with zero attached hydrogens (tertiary/aromatic N) is 2. The van der Waals surface area contributed by atoms with Gasteiger partial charge in [0.1, 0.15) is 5.76 Å². The molecule has 0 amide bonds. The second-order valence-corrected chi connectivity index (χ2v) is 7.19. The quantitative estimate of drug-likeness (QED) is 0.886. The predicted octanol–water partition coefficient (Wildman–Crippen LogP) is 2.01. The van der Waals surface area contributed by atoms with E-state index < -0.39 is 0 Å². The van der Waals surface area contributed by atoms with E-state index in [2.05, 4.69) is 36.0 Å². The van der Waals surface area contributed by atoms with Gasteiger partial charge in [0.15, 0.2) is 0 Å². The third-order valence-electron chi connectivity index (χ3n) is 4.22. The Morgan fingerprint density at radius 3 is 2.58 bits per heavy atom. The zero-order chi connectivity index (χ0) is 13.5. The van der Waals surface area contributed by atoms with Crippen molar-refractivity contribution < 1.29 is 4.42 Å². The molecular weight excluding hydrogens is 238 g/mol. The molecule has 1 N–H and O–H groups in total. The molecule has 2 aliphatic heterocycles. The molecule has 1 aromatic rings. The minimum Gasteiger partial charge on any atom is -0.444 e. The summed E-state index contributed by atoms with van der Waals surface area (Å²) in [5.41, 5.74) is 0.0492. The number of likely N-dealkylation sites (tertiary alicyclic amines) is 1. The van der Waals surface area contributed by atoms with Crippen molar-refractivity contribution in [1.82, 2.24) is 15.2 Å². The molecule has 3 rings (SSSR count). The highest BCUT2D eigenvalue weighted by Crippen LogP contribution is 2.27. The van der Waals surface area contributed by atoms with E-state index in [0.717, 1.165) is 30.0 Å². The summed E-state index contributed by atoms with van der Waals surface area (Å²) in [4.78, 5) is 6.96. The van der Waals surface area contributed by atoms with Crippen LogP contribution in [0.25, 0.3) is 0 Å². The summed E-state index contributed by atoms with van der Waals surface area (Å²) in [6.07, 6.45) is 3.28. The number of fused-ring (bicyclic) bond motifs is 2. The van der Waals surface area contributed by atoms with Crippen LogP contribution >= 0.6 is 0 Å². The van der Waals surface area contributed by atoms with Crippen molar-refractivity contribution in [3.63, 3.8) is 0 Å². The van der Waals surface area contributed by atoms with Crippen molar-refractivity contribution in [3.8, 4) is 0 Å². The first-order valence-electron chi connectivity index (χ1n) is 7.39. The van der Waals surface area contributed by atoms with Crippen molar-refractivity contribution in [2.24, 2.45) is 11.8 Å². The molecule has 0 spiro atoms. The molecule has 0 aliphatic carbocycles. The first-order chi connectivity index (χ1) is 9.00. The van der Waals surface area contributed by atoms with Crippen LogP contribution in [0, 0.1) is 11.8 Å². The molecule has 106 valence electrons. The summed E-state index contributed by atoms with van der Waals surface area (Å²) >= 11 is 0. The van der Waals surface area contributed by atoms with Gasteiger partial charge in [-0.3, -0.25) is 4.90 Å². The van der Waals surface area contributed by atoms with E-state index in [1.54, 1.807) is 0 Å². The van der Waals surface area contributed by atoms with Gasteiger partial charge in [0.2, 0.25) is 5.89 Å². The molecule has 3 heterocycles. The summed E-state index contributed by atoms with van der Waals surface area (Å²) in [6, 6.07) is 0. The zero-order valence-corrected chi connectivity index (χ0v) is 12.3. The number of oxazole rings is 1. The maximum Gasteiger partial charge on any atom is 0.208 e. The smallest absolute Gasteiger partial charge is 0.208 e. The summed E-state index contributed by atoms with van der Waals surface area (Å²) < 4.78 is 5.90. The normalized spacial score (nSPS) is 28.6. The predicted molar refractivity (Wildman–Crippen MR) is 74.9 cm³/mol. The molecule has 0 saturated carbocycles. The van der Waals surface area contributed by atoms with Crippen LogP contribution in [-0.4, -0.2) is 36.1 Å². The van der Waals surface area contributed by atoms with E-state index in [1.165, 1.54) is 32.6 Å². The lowest BCUT2D eigenvalue weighted by molar-refractivity contribution is 0.0840. The first kappa shape index (κ1) is 13.1. The maximum absolute atomic E-state index is 5.90. The Balaban J connectivity index is 1.63. The number of hydrogen-bond donors (Lipinski definition) is 1. The van der Waals surface area contributed by atoms with Gasteiger partial charge < -0.3 is 9.73 Å². The highest BCUT2D eigenvalue weighted by molar-refractivity contribution is 5.06. The standard InChI is InChI=1S/C15H25N3O/c1-15(2,3)13-7-17-14(19-13)10-18-8-11-4-12(9-18)6-16-5-11/h7,11-12,16H,4-6,8-10H2,1-3H3. The van der Waals surface area contributed by atoms with E-state index in [4.69, 9.17) is 4.42 Å². The molecule has 4 nitrogen and oxygen atoms in total. The van der Waals surface area contributed by atoms with Crippen LogP contribution < -0.4 is 5.32 Å². The van der Waals surface area contributed by atoms with Gasteiger partial charge in [-0.2, -0.15) is 0 Å². The Hall–Kier alpha value is -0.870. The van der Waals surface area contributed by atoms with Crippen LogP contribution in [0.5, 0.6) is 0 Å². The highest BCUT2D eigenvalue weighted by Gasteiger charge is 2.31. The molecule has 0 aromatic carbocycles. The van der Waals surface area contributed by atoms with Gasteiger partial charge in [-0.1, -0.05) is 20.8 Å². The van der Waals surface area contributed by atoms with Crippen molar-refractivity contribution in [2.75, 3.05) is 26.2 Å². The SMILES string of the molecule is CC(C)(C)c1cnc(CN2CC3CNCC(C3)C2)o1. The monoisotopic (exact) mass is 263 g/mol. The highest BCUT2D eigenvalue weighted by atomic mass is 16.4. The molecule has 2 saturated heterocycles. The lowest BCUT2D eigenvalue weighted by Crippen LogP contribution is -2.50. The number of rotatable bonds is 2. The molecule has 4 heteroatoms. The van der Waals surface area contributed by atoms with Gasteiger partial charge in [-0.05, 0) is 31.3 Å². The fourth-order valence-corrected chi connectivity index (χ4v) is 3.26. The second-order valence-electron chi connectivity index (χ2n) is 7.19. The summed E-state index contributed by atoms with van der Waals surface area (Å²) in [6.45, 7) is 12.0. The van der Waals surface area contributed by atoms with Crippen molar-refractivity contribution in [2.45, 2.75) is 39.2 Å². The third-order valence-corrected chi connectivity index (χ3v) is 4.22. The second kappa shape index (κ2) is 4.91. The number of hydrogen-bond acceptors (Lipinski definition) is 4. The molecule has 2 bridgehead atoms. The van der Waals surface area contributed by atoms with Gasteiger partial charge in [0.05, 0.1) is 12.7 Å². The third kappa shape index (κ3) is 3.00. The van der Waals surface area contributed by atoms with Crippen LogP contribution in [0.3, 0.4) is 0 Å². The molecule has 1 aromatic heterocycles. The lowest BCUT2D eigenvalue weighted by Gasteiger charge is -2.41. The number of piperidine rings is 2. The molecule has 2 aliphatic rings. The van der Waals surface area contributed by atoms with Crippen molar-refractivity contribution >= 4 is 0 Å². The molecule has 19 heavy (non-hydrogen) atoms.